The Kier molecular flexibility index (Phi) is 4.23. The molecule has 100 valence electrons. The van der Waals surface area contributed by atoms with Crippen molar-refractivity contribution in [2.75, 3.05) is 24.3 Å². The van der Waals surface area contributed by atoms with Crippen molar-refractivity contribution in [1.82, 2.24) is 9.97 Å². The largest absolute Gasteiger partial charge is 0.490 e. The van der Waals surface area contributed by atoms with Gasteiger partial charge in [0.15, 0.2) is 11.6 Å². The fourth-order valence-corrected chi connectivity index (χ4v) is 2.24. The van der Waals surface area contributed by atoms with Crippen LogP contribution in [0.2, 0.25) is 0 Å². The van der Waals surface area contributed by atoms with Crippen LogP contribution in [0.25, 0.3) is 0 Å². The molecular formula is C13H22N4O. The molecule has 1 saturated carbocycles. The smallest absolute Gasteiger partial charge is 0.204 e. The normalized spacial score (nSPS) is 16.8. The molecule has 0 aliphatic heterocycles. The quantitative estimate of drug-likeness (QED) is 0.812. The van der Waals surface area contributed by atoms with Gasteiger partial charge in [0.1, 0.15) is 6.33 Å². The first-order chi connectivity index (χ1) is 8.76. The molecule has 2 N–H and O–H groups in total. The molecule has 1 aliphatic rings. The predicted molar refractivity (Wildman–Crippen MR) is 73.2 cm³/mol. The number of methoxy groups -OCH3 is 1. The average molecular weight is 250 g/mol. The van der Waals surface area contributed by atoms with Gasteiger partial charge in [0.05, 0.1) is 7.11 Å². The molecule has 1 fully saturated rings. The first kappa shape index (κ1) is 12.9. The summed E-state index contributed by atoms with van der Waals surface area (Å²) in [5.41, 5.74) is 0. The molecule has 1 aromatic rings. The van der Waals surface area contributed by atoms with E-state index in [0.717, 1.165) is 24.1 Å². The lowest BCUT2D eigenvalue weighted by atomic mass is 9.80. The van der Waals surface area contributed by atoms with E-state index in [0.29, 0.717) is 11.8 Å². The number of nitrogens with zero attached hydrogens (tertiary/aromatic N) is 2. The van der Waals surface area contributed by atoms with Crippen molar-refractivity contribution < 1.29 is 4.74 Å². The Morgan fingerprint density at radius 1 is 1.39 bits per heavy atom. The van der Waals surface area contributed by atoms with Gasteiger partial charge in [-0.15, -0.1) is 0 Å². The van der Waals surface area contributed by atoms with E-state index >= 15 is 0 Å². The van der Waals surface area contributed by atoms with E-state index in [1.54, 1.807) is 13.4 Å². The van der Waals surface area contributed by atoms with Gasteiger partial charge >= 0.3 is 0 Å². The van der Waals surface area contributed by atoms with Crippen LogP contribution in [0, 0.1) is 5.92 Å². The van der Waals surface area contributed by atoms with E-state index < -0.39 is 0 Å². The lowest BCUT2D eigenvalue weighted by Crippen LogP contribution is -2.31. The maximum Gasteiger partial charge on any atom is 0.204 e. The van der Waals surface area contributed by atoms with Gasteiger partial charge in [-0.25, -0.2) is 9.97 Å². The number of ether oxygens (including phenoxy) is 1. The van der Waals surface area contributed by atoms with Gasteiger partial charge in [-0.1, -0.05) is 6.42 Å². The van der Waals surface area contributed by atoms with Crippen LogP contribution in [-0.4, -0.2) is 29.7 Å². The molecule has 1 heterocycles. The van der Waals surface area contributed by atoms with Crippen LogP contribution < -0.4 is 15.4 Å². The third kappa shape index (κ3) is 2.66. The molecule has 1 atom stereocenters. The SMILES string of the molecule is CCNc1ncnc(NC(C)C2CCC2)c1OC. The highest BCUT2D eigenvalue weighted by Gasteiger charge is 2.25. The molecular weight excluding hydrogens is 228 g/mol. The molecule has 0 spiro atoms. The minimum absolute atomic E-state index is 0.428. The fraction of sp³-hybridized carbons (Fsp3) is 0.692. The van der Waals surface area contributed by atoms with Gasteiger partial charge in [0.25, 0.3) is 0 Å². The summed E-state index contributed by atoms with van der Waals surface area (Å²) in [7, 11) is 1.65. The van der Waals surface area contributed by atoms with E-state index in [-0.39, 0.29) is 0 Å². The molecule has 0 bridgehead atoms. The number of hydrogen-bond acceptors (Lipinski definition) is 5. The summed E-state index contributed by atoms with van der Waals surface area (Å²) in [5, 5.41) is 6.63. The van der Waals surface area contributed by atoms with Crippen molar-refractivity contribution in [3.8, 4) is 5.75 Å². The summed E-state index contributed by atoms with van der Waals surface area (Å²) < 4.78 is 5.41. The monoisotopic (exact) mass is 250 g/mol. The number of hydrogen-bond donors (Lipinski definition) is 2. The van der Waals surface area contributed by atoms with Crippen molar-refractivity contribution in [3.63, 3.8) is 0 Å². The Labute approximate surface area is 108 Å². The average Bonchev–Trinajstić information content (AvgIpc) is 2.27. The molecule has 1 aliphatic carbocycles. The van der Waals surface area contributed by atoms with Gasteiger partial charge in [-0.2, -0.15) is 0 Å². The highest BCUT2D eigenvalue weighted by Crippen LogP contribution is 2.34. The summed E-state index contributed by atoms with van der Waals surface area (Å²) in [6, 6.07) is 0.428. The van der Waals surface area contributed by atoms with Crippen LogP contribution in [0.3, 0.4) is 0 Å². The lowest BCUT2D eigenvalue weighted by molar-refractivity contribution is 0.284. The fourth-order valence-electron chi connectivity index (χ4n) is 2.24. The number of aromatic nitrogens is 2. The lowest BCUT2D eigenvalue weighted by Gasteiger charge is -2.32. The first-order valence-electron chi connectivity index (χ1n) is 6.65. The molecule has 5 nitrogen and oxygen atoms in total. The minimum Gasteiger partial charge on any atom is -0.490 e. The van der Waals surface area contributed by atoms with E-state index in [4.69, 9.17) is 4.74 Å². The van der Waals surface area contributed by atoms with Gasteiger partial charge in [0.2, 0.25) is 5.75 Å². The highest BCUT2D eigenvalue weighted by molar-refractivity contribution is 5.63. The Balaban J connectivity index is 2.12. The molecule has 1 aromatic heterocycles. The maximum atomic E-state index is 5.41. The van der Waals surface area contributed by atoms with Crippen molar-refractivity contribution in [3.05, 3.63) is 6.33 Å². The van der Waals surface area contributed by atoms with Gasteiger partial charge in [-0.3, -0.25) is 0 Å². The third-order valence-electron chi connectivity index (χ3n) is 3.57. The van der Waals surface area contributed by atoms with Crippen LogP contribution in [0.1, 0.15) is 33.1 Å². The molecule has 2 rings (SSSR count). The molecule has 0 saturated heterocycles. The first-order valence-corrected chi connectivity index (χ1v) is 6.65. The Hall–Kier alpha value is -1.52. The molecule has 0 aromatic carbocycles. The summed E-state index contributed by atoms with van der Waals surface area (Å²) in [6.07, 6.45) is 5.53. The van der Waals surface area contributed by atoms with E-state index in [1.807, 2.05) is 6.92 Å². The molecule has 0 amide bonds. The van der Waals surface area contributed by atoms with Crippen molar-refractivity contribution in [2.45, 2.75) is 39.2 Å². The summed E-state index contributed by atoms with van der Waals surface area (Å²) in [5.74, 6) is 2.99. The predicted octanol–water partition coefficient (Wildman–Crippen LogP) is 2.52. The third-order valence-corrected chi connectivity index (χ3v) is 3.57. The Bertz CT molecular complexity index is 393. The standard InChI is InChI=1S/C13H22N4O/c1-4-14-12-11(18-3)13(16-8-15-12)17-9(2)10-6-5-7-10/h8-10H,4-7H2,1-3H3,(H2,14,15,16,17). The van der Waals surface area contributed by atoms with Crippen LogP contribution in [0.5, 0.6) is 5.75 Å². The highest BCUT2D eigenvalue weighted by atomic mass is 16.5. The second-order valence-electron chi connectivity index (χ2n) is 4.76. The molecule has 1 unspecified atom stereocenters. The molecule has 5 heteroatoms. The van der Waals surface area contributed by atoms with Gasteiger partial charge in [-0.05, 0) is 32.6 Å². The van der Waals surface area contributed by atoms with Crippen molar-refractivity contribution >= 4 is 11.6 Å². The zero-order valence-electron chi connectivity index (χ0n) is 11.4. The maximum absolute atomic E-state index is 5.41. The minimum atomic E-state index is 0.428. The van der Waals surface area contributed by atoms with E-state index in [1.165, 1.54) is 19.3 Å². The van der Waals surface area contributed by atoms with Gasteiger partial charge < -0.3 is 15.4 Å². The van der Waals surface area contributed by atoms with Crippen molar-refractivity contribution in [1.29, 1.82) is 0 Å². The summed E-state index contributed by atoms with van der Waals surface area (Å²) in [6.45, 7) is 5.05. The van der Waals surface area contributed by atoms with Crippen molar-refractivity contribution in [2.24, 2.45) is 5.92 Å². The number of anilines is 2. The van der Waals surface area contributed by atoms with Crippen LogP contribution in [0.15, 0.2) is 6.33 Å². The topological polar surface area (TPSA) is 59.1 Å². The van der Waals surface area contributed by atoms with Crippen LogP contribution in [0.4, 0.5) is 11.6 Å². The Morgan fingerprint density at radius 2 is 2.11 bits per heavy atom. The number of rotatable bonds is 6. The molecule has 0 radical (unpaired) electrons. The van der Waals surface area contributed by atoms with Crippen LogP contribution >= 0.6 is 0 Å². The zero-order valence-corrected chi connectivity index (χ0v) is 11.4. The molecule has 18 heavy (non-hydrogen) atoms. The van der Waals surface area contributed by atoms with E-state index in [2.05, 4.69) is 27.5 Å². The second-order valence-corrected chi connectivity index (χ2v) is 4.76. The summed E-state index contributed by atoms with van der Waals surface area (Å²) in [4.78, 5) is 8.48. The van der Waals surface area contributed by atoms with E-state index in [9.17, 15) is 0 Å². The van der Waals surface area contributed by atoms with Crippen LogP contribution in [-0.2, 0) is 0 Å². The summed E-state index contributed by atoms with van der Waals surface area (Å²) >= 11 is 0. The Morgan fingerprint density at radius 3 is 2.67 bits per heavy atom. The van der Waals surface area contributed by atoms with Gasteiger partial charge in [0, 0.05) is 12.6 Å². The zero-order chi connectivity index (χ0) is 13.0. The number of nitrogens with one attached hydrogen (secondary N) is 2. The second kappa shape index (κ2) is 5.89.